The van der Waals surface area contributed by atoms with Crippen LogP contribution in [-0.2, 0) is 16.1 Å². The van der Waals surface area contributed by atoms with Crippen LogP contribution < -0.4 is 5.32 Å². The minimum atomic E-state index is -0.452. The molecule has 0 radical (unpaired) electrons. The largest absolute Gasteiger partial charge is 0.452 e. The zero-order chi connectivity index (χ0) is 16.1. The van der Waals surface area contributed by atoms with Gasteiger partial charge in [-0.05, 0) is 32.4 Å². The summed E-state index contributed by atoms with van der Waals surface area (Å²) in [5, 5.41) is 2.73. The number of hydrogen-bond donors (Lipinski definition) is 1. The zero-order valence-electron chi connectivity index (χ0n) is 12.9. The second-order valence-electron chi connectivity index (χ2n) is 5.17. The molecular weight excluding hydrogens is 298 g/mol. The molecule has 1 aromatic heterocycles. The van der Waals surface area contributed by atoms with Crippen LogP contribution in [0.4, 0.5) is 0 Å². The molecule has 0 aliphatic heterocycles. The van der Waals surface area contributed by atoms with Crippen LogP contribution in [0.25, 0.3) is 0 Å². The minimum absolute atomic E-state index is 0.265. The molecule has 0 spiro atoms. The molecule has 1 N–H and O–H groups in total. The van der Waals surface area contributed by atoms with E-state index in [-0.39, 0.29) is 12.5 Å². The number of ether oxygens (including phenoxy) is 1. The molecule has 2 rings (SSSR count). The van der Waals surface area contributed by atoms with Crippen LogP contribution in [0.5, 0.6) is 0 Å². The molecule has 0 atom stereocenters. The van der Waals surface area contributed by atoms with Crippen molar-refractivity contribution >= 4 is 23.2 Å². The molecule has 0 fully saturated rings. The molecule has 0 saturated carbocycles. The lowest BCUT2D eigenvalue weighted by molar-refractivity contribution is -0.124. The predicted molar refractivity (Wildman–Crippen MR) is 87.1 cm³/mol. The Morgan fingerprint density at radius 1 is 1.14 bits per heavy atom. The first kappa shape index (κ1) is 16.2. The molecule has 0 unspecified atom stereocenters. The lowest BCUT2D eigenvalue weighted by Crippen LogP contribution is -2.28. The van der Waals surface area contributed by atoms with E-state index in [9.17, 15) is 9.59 Å². The van der Waals surface area contributed by atoms with Gasteiger partial charge in [0, 0.05) is 16.3 Å². The maximum Gasteiger partial charge on any atom is 0.339 e. The summed E-state index contributed by atoms with van der Waals surface area (Å²) in [4.78, 5) is 25.6. The molecule has 0 bridgehead atoms. The van der Waals surface area contributed by atoms with E-state index >= 15 is 0 Å². The average Bonchev–Trinajstić information content (AvgIpc) is 2.83. The minimum Gasteiger partial charge on any atom is -0.452 e. The van der Waals surface area contributed by atoms with E-state index in [4.69, 9.17) is 4.74 Å². The topological polar surface area (TPSA) is 55.4 Å². The van der Waals surface area contributed by atoms with Gasteiger partial charge in [0.05, 0.1) is 5.56 Å². The Kier molecular flexibility index (Phi) is 5.33. The highest BCUT2D eigenvalue weighted by Crippen LogP contribution is 2.21. The number of carbonyl (C=O) groups is 2. The summed E-state index contributed by atoms with van der Waals surface area (Å²) in [6.45, 7) is 5.97. The molecule has 116 valence electrons. The van der Waals surface area contributed by atoms with Crippen LogP contribution in [0.15, 0.2) is 30.3 Å². The molecule has 0 aliphatic rings. The molecule has 1 amide bonds. The van der Waals surface area contributed by atoms with Crippen LogP contribution >= 0.6 is 11.3 Å². The highest BCUT2D eigenvalue weighted by atomic mass is 32.1. The van der Waals surface area contributed by atoms with Crippen molar-refractivity contribution in [2.75, 3.05) is 6.61 Å². The molecule has 1 heterocycles. The van der Waals surface area contributed by atoms with Crippen molar-refractivity contribution in [3.63, 3.8) is 0 Å². The predicted octanol–water partition coefficient (Wildman–Crippen LogP) is 3.15. The summed E-state index contributed by atoms with van der Waals surface area (Å²) in [6, 6.07) is 9.68. The van der Waals surface area contributed by atoms with Crippen molar-refractivity contribution in [1.29, 1.82) is 0 Å². The molecule has 4 nitrogen and oxygen atoms in total. The van der Waals surface area contributed by atoms with E-state index < -0.39 is 5.97 Å². The van der Waals surface area contributed by atoms with E-state index in [2.05, 4.69) is 5.32 Å². The van der Waals surface area contributed by atoms with Gasteiger partial charge in [-0.1, -0.05) is 29.8 Å². The van der Waals surface area contributed by atoms with E-state index in [0.29, 0.717) is 12.1 Å². The summed E-state index contributed by atoms with van der Waals surface area (Å²) < 4.78 is 5.05. The highest BCUT2D eigenvalue weighted by Gasteiger charge is 2.14. The van der Waals surface area contributed by atoms with Crippen molar-refractivity contribution in [2.45, 2.75) is 27.3 Å². The molecule has 5 heteroatoms. The number of aryl methyl sites for hydroxylation is 3. The van der Waals surface area contributed by atoms with Crippen LogP contribution in [0, 0.1) is 20.8 Å². The van der Waals surface area contributed by atoms with Crippen LogP contribution in [0.3, 0.4) is 0 Å². The summed E-state index contributed by atoms with van der Waals surface area (Å²) in [7, 11) is 0. The normalized spacial score (nSPS) is 10.3. The van der Waals surface area contributed by atoms with Crippen LogP contribution in [-0.4, -0.2) is 18.5 Å². The standard InChI is InChI=1S/C17H19NO3S/c1-11-4-6-14(7-5-11)9-18-16(19)10-21-17(20)15-8-12(2)22-13(15)3/h4-8H,9-10H2,1-3H3,(H,18,19). The van der Waals surface area contributed by atoms with Gasteiger partial charge < -0.3 is 10.1 Å². The first-order valence-electron chi connectivity index (χ1n) is 7.02. The Hall–Kier alpha value is -2.14. The van der Waals surface area contributed by atoms with Gasteiger partial charge in [0.15, 0.2) is 6.61 Å². The van der Waals surface area contributed by atoms with Gasteiger partial charge in [-0.2, -0.15) is 0 Å². The summed E-state index contributed by atoms with van der Waals surface area (Å²) in [5.74, 6) is -0.758. The van der Waals surface area contributed by atoms with Gasteiger partial charge in [-0.25, -0.2) is 4.79 Å². The van der Waals surface area contributed by atoms with Crippen molar-refractivity contribution in [3.8, 4) is 0 Å². The number of hydrogen-bond acceptors (Lipinski definition) is 4. The van der Waals surface area contributed by atoms with Gasteiger partial charge in [-0.3, -0.25) is 4.79 Å². The third kappa shape index (κ3) is 4.43. The number of rotatable bonds is 5. The lowest BCUT2D eigenvalue weighted by atomic mass is 10.1. The zero-order valence-corrected chi connectivity index (χ0v) is 13.8. The maximum atomic E-state index is 11.9. The van der Waals surface area contributed by atoms with Gasteiger partial charge in [-0.15, -0.1) is 11.3 Å². The van der Waals surface area contributed by atoms with Crippen LogP contribution in [0.1, 0.15) is 31.2 Å². The Balaban J connectivity index is 1.79. The Morgan fingerprint density at radius 2 is 1.82 bits per heavy atom. The summed E-state index contributed by atoms with van der Waals surface area (Å²) in [6.07, 6.45) is 0. The van der Waals surface area contributed by atoms with Gasteiger partial charge in [0.2, 0.25) is 0 Å². The fourth-order valence-electron chi connectivity index (χ4n) is 2.00. The van der Waals surface area contributed by atoms with Gasteiger partial charge in [0.1, 0.15) is 0 Å². The number of thiophene rings is 1. The smallest absolute Gasteiger partial charge is 0.339 e. The van der Waals surface area contributed by atoms with Crippen molar-refractivity contribution < 1.29 is 14.3 Å². The third-order valence-corrected chi connectivity index (χ3v) is 4.17. The fourth-order valence-corrected chi connectivity index (χ4v) is 2.91. The lowest BCUT2D eigenvalue weighted by Gasteiger charge is -2.07. The van der Waals surface area contributed by atoms with Crippen molar-refractivity contribution in [3.05, 3.63) is 56.8 Å². The van der Waals surface area contributed by atoms with Gasteiger partial charge >= 0.3 is 5.97 Å². The second-order valence-corrected chi connectivity index (χ2v) is 6.63. The first-order chi connectivity index (χ1) is 10.5. The van der Waals surface area contributed by atoms with Crippen LogP contribution in [0.2, 0.25) is 0 Å². The number of esters is 1. The molecular formula is C17H19NO3S. The Morgan fingerprint density at radius 3 is 2.41 bits per heavy atom. The van der Waals surface area contributed by atoms with Gasteiger partial charge in [0.25, 0.3) is 5.91 Å². The van der Waals surface area contributed by atoms with E-state index in [1.54, 1.807) is 6.07 Å². The molecule has 0 aliphatic carbocycles. The Bertz CT molecular complexity index is 674. The molecule has 1 aromatic carbocycles. The molecule has 0 saturated heterocycles. The maximum absolute atomic E-state index is 11.9. The van der Waals surface area contributed by atoms with Crippen molar-refractivity contribution in [1.82, 2.24) is 5.32 Å². The molecule has 2 aromatic rings. The summed E-state index contributed by atoms with van der Waals surface area (Å²) in [5.41, 5.74) is 2.72. The highest BCUT2D eigenvalue weighted by molar-refractivity contribution is 7.12. The quantitative estimate of drug-likeness (QED) is 0.862. The van der Waals surface area contributed by atoms with E-state index in [0.717, 1.165) is 15.3 Å². The first-order valence-corrected chi connectivity index (χ1v) is 7.84. The number of carbonyl (C=O) groups excluding carboxylic acids is 2. The van der Waals surface area contributed by atoms with E-state index in [1.165, 1.54) is 16.9 Å². The number of amides is 1. The molecule has 22 heavy (non-hydrogen) atoms. The van der Waals surface area contributed by atoms with E-state index in [1.807, 2.05) is 45.0 Å². The SMILES string of the molecule is Cc1ccc(CNC(=O)COC(=O)c2cc(C)sc2C)cc1. The average molecular weight is 317 g/mol. The third-order valence-electron chi connectivity index (χ3n) is 3.21. The number of nitrogens with one attached hydrogen (secondary N) is 1. The fraction of sp³-hybridized carbons (Fsp3) is 0.294. The number of benzene rings is 1. The monoisotopic (exact) mass is 317 g/mol. The Labute approximate surface area is 134 Å². The summed E-state index contributed by atoms with van der Waals surface area (Å²) >= 11 is 1.54. The van der Waals surface area contributed by atoms with Crippen molar-refractivity contribution in [2.24, 2.45) is 0 Å². The second kappa shape index (κ2) is 7.22.